The number of aliphatic hydroxyl groups excluding tert-OH is 4. The van der Waals surface area contributed by atoms with Gasteiger partial charge in [0.05, 0.1) is 19.0 Å². The first-order valence-electron chi connectivity index (χ1n) is 8.98. The maximum Gasteiger partial charge on any atom is 0.327 e. The number of aromatic nitrogens is 4. The van der Waals surface area contributed by atoms with E-state index in [-0.39, 0.29) is 23.6 Å². The van der Waals surface area contributed by atoms with E-state index in [4.69, 9.17) is 11.9 Å². The number of urea groups is 1. The minimum Gasteiger partial charge on any atom is -0.394 e. The fourth-order valence-electron chi connectivity index (χ4n) is 2.78. The molecular formula is C15H21N7O7. The number of aliphatic hydroxyl groups is 4. The van der Waals surface area contributed by atoms with Crippen molar-refractivity contribution in [1.82, 2.24) is 24.8 Å². The van der Waals surface area contributed by atoms with Crippen molar-refractivity contribution in [3.05, 3.63) is 12.7 Å². The molecule has 0 radical (unpaired) electrons. The lowest BCUT2D eigenvalue weighted by molar-refractivity contribution is -0.123. The quantitative estimate of drug-likeness (QED) is 0.250. The topological polar surface area (TPSA) is 218 Å². The van der Waals surface area contributed by atoms with Gasteiger partial charge in [-0.2, -0.15) is 0 Å². The number of carbonyl (C=O) groups excluding carboxylic acids is 2. The predicted molar refractivity (Wildman–Crippen MR) is 95.2 cm³/mol. The van der Waals surface area contributed by atoms with E-state index < -0.39 is 48.6 Å². The lowest BCUT2D eigenvalue weighted by atomic mass is 10.1. The van der Waals surface area contributed by atoms with Gasteiger partial charge in [0.1, 0.15) is 30.7 Å². The van der Waals surface area contributed by atoms with Gasteiger partial charge in [-0.25, -0.2) is 19.7 Å². The van der Waals surface area contributed by atoms with E-state index in [0.29, 0.717) is 0 Å². The highest BCUT2D eigenvalue weighted by atomic mass is 16.6. The monoisotopic (exact) mass is 413 g/mol. The largest absolute Gasteiger partial charge is 0.394 e. The molecule has 3 rings (SSSR count). The molecule has 3 heterocycles. The number of imidazole rings is 1. The summed E-state index contributed by atoms with van der Waals surface area (Å²) in [5.41, 5.74) is 5.74. The number of carbonyl (C=O) groups is 2. The summed E-state index contributed by atoms with van der Waals surface area (Å²) in [4.78, 5) is 35.9. The summed E-state index contributed by atoms with van der Waals surface area (Å²) in [6.07, 6.45) is -3.44. The van der Waals surface area contributed by atoms with Gasteiger partial charge in [-0.05, 0) is 6.92 Å². The van der Waals surface area contributed by atoms with Crippen LogP contribution in [0.4, 0.5) is 10.6 Å². The Morgan fingerprint density at radius 1 is 1.38 bits per heavy atom. The molecule has 158 valence electrons. The lowest BCUT2D eigenvalue weighted by Gasteiger charge is -2.16. The summed E-state index contributed by atoms with van der Waals surface area (Å²) in [5.74, 6) is -0.939. The summed E-state index contributed by atoms with van der Waals surface area (Å²) in [6.45, 7) is 1.05. The van der Waals surface area contributed by atoms with Crippen molar-refractivity contribution in [3.8, 4) is 0 Å². The third kappa shape index (κ3) is 4.02. The first-order valence-corrected chi connectivity index (χ1v) is 8.57. The molecule has 14 heteroatoms. The molecule has 8 N–H and O–H groups in total. The predicted octanol–water partition coefficient (Wildman–Crippen LogP) is -3.21. The van der Waals surface area contributed by atoms with Crippen LogP contribution >= 0.6 is 0 Å². The number of nitrogens with zero attached hydrogens (tertiary/aromatic N) is 4. The Bertz CT molecular complexity index is 926. The van der Waals surface area contributed by atoms with Crippen molar-refractivity contribution in [2.24, 2.45) is 5.73 Å². The molecule has 0 bridgehead atoms. The van der Waals surface area contributed by atoms with Crippen LogP contribution in [0.15, 0.2) is 12.7 Å². The van der Waals surface area contributed by atoms with Crippen LogP contribution in [0.1, 0.15) is 13.2 Å². The van der Waals surface area contributed by atoms with Crippen molar-refractivity contribution in [2.75, 3.05) is 11.9 Å². The summed E-state index contributed by atoms with van der Waals surface area (Å²) in [5, 5.41) is 38.1. The summed E-state index contributed by atoms with van der Waals surface area (Å²) < 4.78 is 13.6. The number of hydrogen-bond donors (Lipinski definition) is 7. The fraction of sp³-hybridized carbons (Fsp3) is 0.533. The van der Waals surface area contributed by atoms with Gasteiger partial charge < -0.3 is 30.9 Å². The second kappa shape index (κ2) is 8.32. The molecule has 6 atom stereocenters. The maximum absolute atomic E-state index is 12.1. The number of amides is 3. The van der Waals surface area contributed by atoms with Gasteiger partial charge in [0.25, 0.3) is 0 Å². The Morgan fingerprint density at radius 3 is 2.83 bits per heavy atom. The third-order valence-electron chi connectivity index (χ3n) is 4.43. The molecule has 1 aliphatic rings. The van der Waals surface area contributed by atoms with E-state index in [1.807, 2.05) is 5.32 Å². The van der Waals surface area contributed by atoms with Gasteiger partial charge in [0.2, 0.25) is 7.34 Å². The average molecular weight is 413 g/mol. The van der Waals surface area contributed by atoms with Gasteiger partial charge in [-0.3, -0.25) is 20.0 Å². The Kier molecular flexibility index (Phi) is 5.61. The second-order valence-corrected chi connectivity index (χ2v) is 6.47. The molecule has 3 amide bonds. The first kappa shape index (κ1) is 19.6. The van der Waals surface area contributed by atoms with Crippen molar-refractivity contribution < 1.29 is 34.8 Å². The first-order chi connectivity index (χ1) is 14.2. The maximum atomic E-state index is 12.1. The van der Waals surface area contributed by atoms with Crippen LogP contribution in [0.3, 0.4) is 0 Å². The Hall–Kier alpha value is -2.75. The van der Waals surface area contributed by atoms with Crippen LogP contribution in [-0.4, -0.2) is 90.4 Å². The number of nitrogens with one attached hydrogen (secondary N) is 2. The average Bonchev–Trinajstić information content (AvgIpc) is 3.24. The van der Waals surface area contributed by atoms with Crippen LogP contribution in [0.5, 0.6) is 0 Å². The Morgan fingerprint density at radius 2 is 2.14 bits per heavy atom. The third-order valence-corrected chi connectivity index (χ3v) is 4.43. The van der Waals surface area contributed by atoms with Gasteiger partial charge in [0.15, 0.2) is 23.2 Å². The van der Waals surface area contributed by atoms with E-state index in [9.17, 15) is 24.9 Å². The molecule has 0 unspecified atom stereocenters. The van der Waals surface area contributed by atoms with Crippen molar-refractivity contribution in [2.45, 2.75) is 43.6 Å². The molecule has 0 aromatic carbocycles. The van der Waals surface area contributed by atoms with Crippen LogP contribution in [0.2, 0.25) is 0 Å². The second-order valence-electron chi connectivity index (χ2n) is 6.47. The summed E-state index contributed by atoms with van der Waals surface area (Å²) in [7, 11) is 0. The van der Waals surface area contributed by atoms with E-state index in [1.54, 1.807) is 0 Å². The van der Waals surface area contributed by atoms with E-state index in [2.05, 4.69) is 25.4 Å². The molecule has 2 aromatic rings. The molecule has 0 spiro atoms. The van der Waals surface area contributed by atoms with Gasteiger partial charge in [0, 0.05) is 0 Å². The molecule has 1 saturated heterocycles. The van der Waals surface area contributed by atoms with Crippen LogP contribution in [0.25, 0.3) is 11.2 Å². The normalized spacial score (nSPS) is 26.7. The lowest BCUT2D eigenvalue weighted by Crippen LogP contribution is -2.50. The number of fused-ring (bicyclic) bond motifs is 1. The van der Waals surface area contributed by atoms with Gasteiger partial charge in [-0.15, -0.1) is 0 Å². The van der Waals surface area contributed by atoms with E-state index >= 15 is 0 Å². The zero-order valence-electron chi connectivity index (χ0n) is 16.2. The number of anilines is 1. The minimum atomic E-state index is -1.35. The SMILES string of the molecule is [3H]OC[C@H]1O[C@@H](n2cnc3c(NC(=O)NC(=O)[C@@H](N)[C@@H](C)O)ncnc32)[C@H](O)[C@@H]1O. The van der Waals surface area contributed by atoms with E-state index in [1.165, 1.54) is 17.8 Å². The number of nitrogens with two attached hydrogens (primary N) is 1. The molecule has 1 fully saturated rings. The number of ether oxygens (including phenoxy) is 1. The van der Waals surface area contributed by atoms with Crippen molar-refractivity contribution in [3.63, 3.8) is 0 Å². The molecule has 1 aliphatic heterocycles. The zero-order valence-corrected chi connectivity index (χ0v) is 15.2. The molecule has 2 aromatic heterocycles. The van der Waals surface area contributed by atoms with Crippen molar-refractivity contribution >= 4 is 28.9 Å². The molecular weight excluding hydrogens is 390 g/mol. The minimum absolute atomic E-state index is 0.0475. The number of rotatable bonds is 6. The highest BCUT2D eigenvalue weighted by molar-refractivity contribution is 6.04. The molecule has 14 nitrogen and oxygen atoms in total. The highest BCUT2D eigenvalue weighted by Gasteiger charge is 2.44. The van der Waals surface area contributed by atoms with Crippen molar-refractivity contribution in [1.29, 1.82) is 1.43 Å². The van der Waals surface area contributed by atoms with Crippen LogP contribution in [0, 0.1) is 0 Å². The molecule has 29 heavy (non-hydrogen) atoms. The molecule has 0 saturated carbocycles. The number of imide groups is 1. The number of hydrogen-bond acceptors (Lipinski definition) is 11. The fourth-order valence-corrected chi connectivity index (χ4v) is 2.78. The standard InChI is InChI=1S/C15H21N7O7/c1-5(24)7(16)13(27)21-15(28)20-11-8-12(18-3-17-11)22(4-19-8)14-10(26)9(25)6(2-23)29-14/h3-7,9-10,14,23-26H,2,16H2,1H3,(H2,17,18,20,21,27,28)/t5-,6-,7+,9-,10-,14-/m1/s1/i23T. The van der Waals surface area contributed by atoms with Crippen LogP contribution in [-0.2, 0) is 9.53 Å². The smallest absolute Gasteiger partial charge is 0.327 e. The Balaban J connectivity index is 1.79. The molecule has 0 aliphatic carbocycles. The highest BCUT2D eigenvalue weighted by Crippen LogP contribution is 2.32. The summed E-state index contributed by atoms with van der Waals surface area (Å²) >= 11 is 0. The zero-order chi connectivity index (χ0) is 22.0. The van der Waals surface area contributed by atoms with E-state index in [0.717, 1.165) is 6.33 Å². The Labute approximate surface area is 164 Å². The van der Waals surface area contributed by atoms with Gasteiger partial charge >= 0.3 is 6.03 Å². The summed E-state index contributed by atoms with van der Waals surface area (Å²) in [6, 6.07) is -2.25. The van der Waals surface area contributed by atoms with Gasteiger partial charge in [-0.1, -0.05) is 0 Å². The van der Waals surface area contributed by atoms with Crippen LogP contribution < -0.4 is 16.4 Å².